The van der Waals surface area contributed by atoms with Gasteiger partial charge in [0.2, 0.25) is 5.89 Å². The lowest BCUT2D eigenvalue weighted by Gasteiger charge is -2.09. The number of hydrogen-bond donors (Lipinski definition) is 1. The molecule has 0 aliphatic heterocycles. The molecule has 2 aromatic heterocycles. The first-order chi connectivity index (χ1) is 11.8. The van der Waals surface area contributed by atoms with E-state index in [-0.39, 0.29) is 17.8 Å². The number of nitrogens with zero attached hydrogens (tertiary/aromatic N) is 2. The van der Waals surface area contributed by atoms with Gasteiger partial charge in [-0.2, -0.15) is 13.2 Å². The standard InChI is InChI=1S/C16H12F3N3O2S/c1-9(12-3-2-8-25-12)20-13(23)15-22-21-14(24-15)10-4-6-11(7-5-10)16(17,18)19/h2-9H,1H3,(H,20,23)/t9-/m1/s1. The van der Waals surface area contributed by atoms with Crippen molar-refractivity contribution in [1.29, 1.82) is 0 Å². The fourth-order valence-corrected chi connectivity index (χ4v) is 2.84. The van der Waals surface area contributed by atoms with Crippen molar-refractivity contribution in [3.05, 3.63) is 58.1 Å². The molecule has 0 saturated heterocycles. The Labute approximate surface area is 144 Å². The summed E-state index contributed by atoms with van der Waals surface area (Å²) >= 11 is 1.50. The second kappa shape index (κ2) is 6.67. The maximum atomic E-state index is 12.6. The second-order valence-electron chi connectivity index (χ2n) is 5.20. The van der Waals surface area contributed by atoms with E-state index >= 15 is 0 Å². The molecule has 1 atom stereocenters. The van der Waals surface area contributed by atoms with Crippen molar-refractivity contribution in [2.24, 2.45) is 0 Å². The van der Waals surface area contributed by atoms with E-state index in [4.69, 9.17) is 4.42 Å². The van der Waals surface area contributed by atoms with Crippen LogP contribution in [0, 0.1) is 0 Å². The van der Waals surface area contributed by atoms with Crippen LogP contribution < -0.4 is 5.32 Å². The summed E-state index contributed by atoms with van der Waals surface area (Å²) in [5.41, 5.74) is -0.482. The minimum Gasteiger partial charge on any atom is -0.412 e. The highest BCUT2D eigenvalue weighted by Gasteiger charge is 2.30. The quantitative estimate of drug-likeness (QED) is 0.746. The molecule has 0 aliphatic carbocycles. The molecule has 25 heavy (non-hydrogen) atoms. The fraction of sp³-hybridized carbons (Fsp3) is 0.188. The third kappa shape index (κ3) is 3.87. The lowest BCUT2D eigenvalue weighted by Crippen LogP contribution is -2.26. The lowest BCUT2D eigenvalue weighted by atomic mass is 10.1. The summed E-state index contributed by atoms with van der Waals surface area (Å²) in [6, 6.07) is 7.79. The highest BCUT2D eigenvalue weighted by atomic mass is 32.1. The van der Waals surface area contributed by atoms with E-state index in [0.717, 1.165) is 17.0 Å². The molecule has 130 valence electrons. The lowest BCUT2D eigenvalue weighted by molar-refractivity contribution is -0.137. The van der Waals surface area contributed by atoms with Gasteiger partial charge in [0.25, 0.3) is 0 Å². The zero-order valence-corrected chi connectivity index (χ0v) is 13.7. The highest BCUT2D eigenvalue weighted by molar-refractivity contribution is 7.10. The molecular formula is C16H12F3N3O2S. The number of benzene rings is 1. The minimum atomic E-state index is -4.42. The van der Waals surface area contributed by atoms with E-state index in [1.54, 1.807) is 0 Å². The summed E-state index contributed by atoms with van der Waals surface area (Å²) < 4.78 is 43.0. The van der Waals surface area contributed by atoms with Crippen molar-refractivity contribution in [2.75, 3.05) is 0 Å². The van der Waals surface area contributed by atoms with Gasteiger partial charge >= 0.3 is 18.0 Å². The molecule has 1 aromatic carbocycles. The minimum absolute atomic E-state index is 0.0253. The summed E-state index contributed by atoms with van der Waals surface area (Å²) in [6.45, 7) is 1.82. The largest absolute Gasteiger partial charge is 0.416 e. The molecule has 0 bridgehead atoms. The van der Waals surface area contributed by atoms with Gasteiger partial charge in [-0.15, -0.1) is 21.5 Å². The third-order valence-corrected chi connectivity index (χ3v) is 4.45. The van der Waals surface area contributed by atoms with Gasteiger partial charge in [-0.3, -0.25) is 4.79 Å². The first kappa shape index (κ1) is 17.2. The summed E-state index contributed by atoms with van der Waals surface area (Å²) in [5, 5.41) is 12.0. The summed E-state index contributed by atoms with van der Waals surface area (Å²) in [6.07, 6.45) is -4.42. The number of amides is 1. The molecule has 2 heterocycles. The number of hydrogen-bond acceptors (Lipinski definition) is 5. The normalized spacial score (nSPS) is 12.8. The molecule has 9 heteroatoms. The topological polar surface area (TPSA) is 68.0 Å². The number of carbonyl (C=O) groups is 1. The van der Waals surface area contributed by atoms with Crippen LogP contribution in [-0.4, -0.2) is 16.1 Å². The number of rotatable bonds is 4. The number of aromatic nitrogens is 2. The number of thiophene rings is 1. The van der Waals surface area contributed by atoms with Gasteiger partial charge in [0.1, 0.15) is 0 Å². The molecule has 0 unspecified atom stereocenters. The Kier molecular flexibility index (Phi) is 4.58. The average molecular weight is 367 g/mol. The Hall–Kier alpha value is -2.68. The Morgan fingerprint density at radius 1 is 1.20 bits per heavy atom. The van der Waals surface area contributed by atoms with Crippen molar-refractivity contribution in [2.45, 2.75) is 19.1 Å². The maximum Gasteiger partial charge on any atom is 0.416 e. The van der Waals surface area contributed by atoms with Crippen LogP contribution in [0.1, 0.15) is 34.1 Å². The molecule has 5 nitrogen and oxygen atoms in total. The predicted molar refractivity (Wildman–Crippen MR) is 84.9 cm³/mol. The van der Waals surface area contributed by atoms with Crippen molar-refractivity contribution in [1.82, 2.24) is 15.5 Å². The van der Waals surface area contributed by atoms with Crippen LogP contribution in [0.3, 0.4) is 0 Å². The van der Waals surface area contributed by atoms with E-state index in [1.807, 2.05) is 24.4 Å². The van der Waals surface area contributed by atoms with Gasteiger partial charge in [-0.05, 0) is 42.6 Å². The Morgan fingerprint density at radius 2 is 1.92 bits per heavy atom. The molecule has 3 aromatic rings. The van der Waals surface area contributed by atoms with Gasteiger partial charge in [0.15, 0.2) is 0 Å². The fourth-order valence-electron chi connectivity index (χ4n) is 2.10. The molecule has 0 aliphatic rings. The van der Waals surface area contributed by atoms with Crippen LogP contribution in [-0.2, 0) is 6.18 Å². The van der Waals surface area contributed by atoms with E-state index in [1.165, 1.54) is 23.5 Å². The van der Waals surface area contributed by atoms with E-state index < -0.39 is 17.6 Å². The van der Waals surface area contributed by atoms with Gasteiger partial charge in [-0.25, -0.2) is 0 Å². The SMILES string of the molecule is C[C@@H](NC(=O)c1nnc(-c2ccc(C(F)(F)F)cc2)o1)c1cccs1. The molecule has 0 saturated carbocycles. The Bertz CT molecular complexity index is 858. The predicted octanol–water partition coefficient (Wildman–Crippen LogP) is 4.31. The van der Waals surface area contributed by atoms with Crippen LogP contribution >= 0.6 is 11.3 Å². The molecule has 1 N–H and O–H groups in total. The van der Waals surface area contributed by atoms with E-state index in [2.05, 4.69) is 15.5 Å². The number of nitrogens with one attached hydrogen (secondary N) is 1. The molecule has 1 amide bonds. The van der Waals surface area contributed by atoms with Crippen LogP contribution in [0.2, 0.25) is 0 Å². The molecule has 0 radical (unpaired) electrons. The second-order valence-corrected chi connectivity index (χ2v) is 6.18. The van der Waals surface area contributed by atoms with Crippen LogP contribution in [0.5, 0.6) is 0 Å². The van der Waals surface area contributed by atoms with Crippen LogP contribution in [0.25, 0.3) is 11.5 Å². The third-order valence-electron chi connectivity index (χ3n) is 3.40. The number of alkyl halides is 3. The first-order valence-corrected chi connectivity index (χ1v) is 8.08. The van der Waals surface area contributed by atoms with Gasteiger partial charge in [0, 0.05) is 10.4 Å². The monoisotopic (exact) mass is 367 g/mol. The molecular weight excluding hydrogens is 355 g/mol. The van der Waals surface area contributed by atoms with Crippen molar-refractivity contribution >= 4 is 17.2 Å². The van der Waals surface area contributed by atoms with Gasteiger partial charge < -0.3 is 9.73 Å². The van der Waals surface area contributed by atoms with Crippen LogP contribution in [0.15, 0.2) is 46.2 Å². The maximum absolute atomic E-state index is 12.6. The van der Waals surface area contributed by atoms with E-state index in [9.17, 15) is 18.0 Å². The Balaban J connectivity index is 1.72. The van der Waals surface area contributed by atoms with Crippen molar-refractivity contribution in [3.8, 4) is 11.5 Å². The average Bonchev–Trinajstić information content (AvgIpc) is 3.26. The molecule has 3 rings (SSSR count). The van der Waals surface area contributed by atoms with Crippen molar-refractivity contribution < 1.29 is 22.4 Å². The highest BCUT2D eigenvalue weighted by Crippen LogP contribution is 2.30. The summed E-state index contributed by atoms with van der Waals surface area (Å²) in [7, 11) is 0. The number of halogens is 3. The first-order valence-electron chi connectivity index (χ1n) is 7.20. The van der Waals surface area contributed by atoms with Crippen LogP contribution in [0.4, 0.5) is 13.2 Å². The summed E-state index contributed by atoms with van der Waals surface area (Å²) in [4.78, 5) is 13.1. The Morgan fingerprint density at radius 3 is 2.52 bits per heavy atom. The van der Waals surface area contributed by atoms with Gasteiger partial charge in [0.05, 0.1) is 11.6 Å². The smallest absolute Gasteiger partial charge is 0.412 e. The molecule has 0 spiro atoms. The zero-order chi connectivity index (χ0) is 18.0. The van der Waals surface area contributed by atoms with Crippen molar-refractivity contribution in [3.63, 3.8) is 0 Å². The number of carbonyl (C=O) groups excluding carboxylic acids is 1. The van der Waals surface area contributed by atoms with Gasteiger partial charge in [-0.1, -0.05) is 6.07 Å². The summed E-state index contributed by atoms with van der Waals surface area (Å²) in [5.74, 6) is -0.826. The molecule has 0 fully saturated rings. The van der Waals surface area contributed by atoms with E-state index in [0.29, 0.717) is 5.56 Å². The zero-order valence-electron chi connectivity index (χ0n) is 12.9.